The van der Waals surface area contributed by atoms with Crippen LogP contribution in [0.15, 0.2) is 4.99 Å². The summed E-state index contributed by atoms with van der Waals surface area (Å²) in [6, 6.07) is 0.978. The quantitative estimate of drug-likeness (QED) is 0.386. The molecule has 0 saturated heterocycles. The molecule has 1 amide bonds. The molecule has 5 nitrogen and oxygen atoms in total. The monoisotopic (exact) mass is 352 g/mol. The molecule has 0 aromatic carbocycles. The van der Waals surface area contributed by atoms with E-state index in [1.165, 1.54) is 12.8 Å². The van der Waals surface area contributed by atoms with Gasteiger partial charge >= 0.3 is 0 Å². The molecule has 3 N–H and O–H groups in total. The lowest BCUT2D eigenvalue weighted by molar-refractivity contribution is -0.119. The van der Waals surface area contributed by atoms with Gasteiger partial charge in [-0.05, 0) is 32.6 Å². The summed E-state index contributed by atoms with van der Waals surface area (Å²) in [5.41, 5.74) is 0. The van der Waals surface area contributed by atoms with Crippen molar-refractivity contribution in [1.29, 1.82) is 0 Å². The minimum atomic E-state index is 0. The number of hydrogen-bond donors (Lipinski definition) is 3. The van der Waals surface area contributed by atoms with Gasteiger partial charge in [0, 0.05) is 18.6 Å². The molecule has 0 spiro atoms. The number of hydrogen-bond acceptors (Lipinski definition) is 2. The molecule has 6 heteroatoms. The second-order valence-corrected chi connectivity index (χ2v) is 4.46. The van der Waals surface area contributed by atoms with E-state index < -0.39 is 0 Å². The predicted octanol–water partition coefficient (Wildman–Crippen LogP) is 0.600. The standard InChI is InChI=1S/C11H20N4O.HI/c1-2-12-11(15-9-5-6-9)13-7-10(16)14-8-3-4-8;/h8-9H,2-7H2,1H3,(H,14,16)(H2,12,13,15);1H. The molecule has 0 radical (unpaired) electrons. The van der Waals surface area contributed by atoms with Crippen LogP contribution in [0.2, 0.25) is 0 Å². The lowest BCUT2D eigenvalue weighted by atomic mass is 10.5. The van der Waals surface area contributed by atoms with Gasteiger partial charge in [-0.3, -0.25) is 4.79 Å². The molecule has 17 heavy (non-hydrogen) atoms. The molecule has 0 aromatic heterocycles. The Labute approximate surface area is 119 Å². The molecular weight excluding hydrogens is 331 g/mol. The van der Waals surface area contributed by atoms with E-state index in [-0.39, 0.29) is 36.4 Å². The van der Waals surface area contributed by atoms with E-state index >= 15 is 0 Å². The van der Waals surface area contributed by atoms with Gasteiger partial charge in [0.15, 0.2) is 5.96 Å². The Morgan fingerprint density at radius 2 is 1.76 bits per heavy atom. The highest BCUT2D eigenvalue weighted by molar-refractivity contribution is 14.0. The Hall–Kier alpha value is -0.530. The summed E-state index contributed by atoms with van der Waals surface area (Å²) in [6.07, 6.45) is 4.66. The third-order valence-corrected chi connectivity index (χ3v) is 2.59. The van der Waals surface area contributed by atoms with Crippen LogP contribution in [0.4, 0.5) is 0 Å². The van der Waals surface area contributed by atoms with Gasteiger partial charge in [0.25, 0.3) is 0 Å². The molecule has 2 aliphatic rings. The van der Waals surface area contributed by atoms with Crippen molar-refractivity contribution in [2.24, 2.45) is 4.99 Å². The number of halogens is 1. The molecule has 2 fully saturated rings. The average molecular weight is 352 g/mol. The summed E-state index contributed by atoms with van der Waals surface area (Å²) in [7, 11) is 0. The Morgan fingerprint density at radius 1 is 1.18 bits per heavy atom. The molecule has 0 heterocycles. The first-order valence-corrected chi connectivity index (χ1v) is 6.12. The van der Waals surface area contributed by atoms with Crippen LogP contribution in [-0.4, -0.2) is 37.0 Å². The second kappa shape index (κ2) is 7.03. The normalized spacial score (nSPS) is 19.2. The Bertz CT molecular complexity index is 287. The number of carbonyl (C=O) groups excluding carboxylic acids is 1. The van der Waals surface area contributed by atoms with Gasteiger partial charge in [-0.15, -0.1) is 24.0 Å². The van der Waals surface area contributed by atoms with Gasteiger partial charge in [-0.2, -0.15) is 0 Å². The average Bonchev–Trinajstić information content (AvgIpc) is 3.09. The number of amides is 1. The summed E-state index contributed by atoms with van der Waals surface area (Å²) in [5.74, 6) is 0.784. The van der Waals surface area contributed by atoms with E-state index in [0.29, 0.717) is 12.1 Å². The van der Waals surface area contributed by atoms with Crippen molar-refractivity contribution >= 4 is 35.8 Å². The predicted molar refractivity (Wildman–Crippen MR) is 78.7 cm³/mol. The van der Waals surface area contributed by atoms with Gasteiger partial charge < -0.3 is 16.0 Å². The van der Waals surface area contributed by atoms with E-state index in [1.54, 1.807) is 0 Å². The first kappa shape index (κ1) is 14.5. The molecule has 0 unspecified atom stereocenters. The van der Waals surface area contributed by atoms with Crippen LogP contribution in [0.1, 0.15) is 32.6 Å². The summed E-state index contributed by atoms with van der Waals surface area (Å²) < 4.78 is 0. The van der Waals surface area contributed by atoms with Crippen LogP contribution >= 0.6 is 24.0 Å². The Kier molecular flexibility index (Phi) is 6.01. The first-order chi connectivity index (χ1) is 7.78. The minimum absolute atomic E-state index is 0. The lowest BCUT2D eigenvalue weighted by Gasteiger charge is -2.09. The van der Waals surface area contributed by atoms with Crippen LogP contribution < -0.4 is 16.0 Å². The highest BCUT2D eigenvalue weighted by atomic mass is 127. The topological polar surface area (TPSA) is 65.5 Å². The van der Waals surface area contributed by atoms with Gasteiger partial charge in [0.05, 0.1) is 0 Å². The second-order valence-electron chi connectivity index (χ2n) is 4.46. The SMILES string of the molecule is CCNC(=NCC(=O)NC1CC1)NC1CC1.I. The summed E-state index contributed by atoms with van der Waals surface area (Å²) in [5, 5.41) is 9.33. The number of nitrogens with zero attached hydrogens (tertiary/aromatic N) is 1. The maximum atomic E-state index is 11.4. The van der Waals surface area contributed by atoms with E-state index in [4.69, 9.17) is 0 Å². The van der Waals surface area contributed by atoms with Gasteiger partial charge in [0.1, 0.15) is 6.54 Å². The number of rotatable bonds is 5. The number of guanidine groups is 1. The van der Waals surface area contributed by atoms with Crippen LogP contribution in [0, 0.1) is 0 Å². The van der Waals surface area contributed by atoms with Crippen LogP contribution in [0.25, 0.3) is 0 Å². The zero-order chi connectivity index (χ0) is 11.4. The van der Waals surface area contributed by atoms with E-state index in [2.05, 4.69) is 20.9 Å². The molecule has 2 rings (SSSR count). The van der Waals surface area contributed by atoms with Crippen molar-refractivity contribution < 1.29 is 4.79 Å². The molecule has 98 valence electrons. The third kappa shape index (κ3) is 6.09. The van der Waals surface area contributed by atoms with E-state index in [0.717, 1.165) is 25.3 Å². The minimum Gasteiger partial charge on any atom is -0.357 e. The largest absolute Gasteiger partial charge is 0.357 e. The van der Waals surface area contributed by atoms with Gasteiger partial charge in [0.2, 0.25) is 5.91 Å². The number of carbonyl (C=O) groups is 1. The first-order valence-electron chi connectivity index (χ1n) is 6.12. The fourth-order valence-corrected chi connectivity index (χ4v) is 1.39. The smallest absolute Gasteiger partial charge is 0.242 e. The van der Waals surface area contributed by atoms with Crippen LogP contribution in [0.5, 0.6) is 0 Å². The molecule has 0 aliphatic heterocycles. The Morgan fingerprint density at radius 3 is 2.29 bits per heavy atom. The summed E-state index contributed by atoms with van der Waals surface area (Å²) >= 11 is 0. The van der Waals surface area contributed by atoms with Crippen molar-refractivity contribution in [3.05, 3.63) is 0 Å². The number of aliphatic imine (C=N–C) groups is 1. The molecule has 0 atom stereocenters. The van der Waals surface area contributed by atoms with Crippen LogP contribution in [-0.2, 0) is 4.79 Å². The highest BCUT2D eigenvalue weighted by Crippen LogP contribution is 2.18. The third-order valence-electron chi connectivity index (χ3n) is 2.59. The van der Waals surface area contributed by atoms with Gasteiger partial charge in [-0.25, -0.2) is 4.99 Å². The molecule has 2 aliphatic carbocycles. The Balaban J connectivity index is 0.00000144. The maximum Gasteiger partial charge on any atom is 0.242 e. The zero-order valence-corrected chi connectivity index (χ0v) is 12.5. The van der Waals surface area contributed by atoms with Crippen molar-refractivity contribution in [3.63, 3.8) is 0 Å². The fraction of sp³-hybridized carbons (Fsp3) is 0.818. The maximum absolute atomic E-state index is 11.4. The lowest BCUT2D eigenvalue weighted by Crippen LogP contribution is -2.39. The van der Waals surface area contributed by atoms with Crippen molar-refractivity contribution in [1.82, 2.24) is 16.0 Å². The van der Waals surface area contributed by atoms with Crippen molar-refractivity contribution in [3.8, 4) is 0 Å². The van der Waals surface area contributed by atoms with Crippen LogP contribution in [0.3, 0.4) is 0 Å². The van der Waals surface area contributed by atoms with Crippen molar-refractivity contribution in [2.45, 2.75) is 44.7 Å². The molecule has 2 saturated carbocycles. The molecular formula is C11H21IN4O. The highest BCUT2D eigenvalue weighted by Gasteiger charge is 2.24. The molecule has 0 aromatic rings. The fourth-order valence-electron chi connectivity index (χ4n) is 1.39. The molecule has 0 bridgehead atoms. The van der Waals surface area contributed by atoms with E-state index in [1.807, 2.05) is 6.92 Å². The summed E-state index contributed by atoms with van der Waals surface area (Å²) in [4.78, 5) is 15.7. The van der Waals surface area contributed by atoms with Crippen molar-refractivity contribution in [2.75, 3.05) is 13.1 Å². The van der Waals surface area contributed by atoms with Gasteiger partial charge in [-0.1, -0.05) is 0 Å². The number of nitrogens with one attached hydrogen (secondary N) is 3. The summed E-state index contributed by atoms with van der Waals surface area (Å²) in [6.45, 7) is 3.07. The zero-order valence-electron chi connectivity index (χ0n) is 10.2. The van der Waals surface area contributed by atoms with E-state index in [9.17, 15) is 4.79 Å².